The van der Waals surface area contributed by atoms with E-state index >= 15 is 0 Å². The molecule has 0 radical (unpaired) electrons. The van der Waals surface area contributed by atoms with E-state index in [0.717, 1.165) is 12.1 Å². The van der Waals surface area contributed by atoms with Crippen LogP contribution in [-0.2, 0) is 22.1 Å². The molecule has 1 aromatic carbocycles. The van der Waals surface area contributed by atoms with Gasteiger partial charge in [-0.15, -0.1) is 0 Å². The molecule has 1 aliphatic heterocycles. The zero-order valence-electron chi connectivity index (χ0n) is 15.8. The summed E-state index contributed by atoms with van der Waals surface area (Å²) in [6, 6.07) is 2.30. The number of rotatable bonds is 6. The van der Waals surface area contributed by atoms with Gasteiger partial charge in [-0.3, -0.25) is 14.9 Å². The van der Waals surface area contributed by atoms with Crippen LogP contribution in [0.15, 0.2) is 18.2 Å². The van der Waals surface area contributed by atoms with Gasteiger partial charge in [0.25, 0.3) is 0 Å². The highest BCUT2D eigenvalue weighted by atomic mass is 32.2. The minimum absolute atomic E-state index is 0.00725. The van der Waals surface area contributed by atoms with E-state index < -0.39 is 45.8 Å². The summed E-state index contributed by atoms with van der Waals surface area (Å²) in [6.07, 6.45) is -4.64. The quantitative estimate of drug-likeness (QED) is 0.272. The summed E-state index contributed by atoms with van der Waals surface area (Å²) in [4.78, 5) is 15.1. The zero-order valence-corrected chi connectivity index (χ0v) is 16.6. The first-order valence-electron chi connectivity index (χ1n) is 8.86. The molecule has 0 aromatic heterocycles. The van der Waals surface area contributed by atoms with Crippen molar-refractivity contribution in [3.8, 4) is 0 Å². The molecular weight excluding hydrogens is 418 g/mol. The summed E-state index contributed by atoms with van der Waals surface area (Å²) in [6.45, 7) is 4.07. The number of carbonyl (C=O) groups excluding carboxylic acids is 1. The van der Waals surface area contributed by atoms with Gasteiger partial charge in [0, 0.05) is 26.2 Å². The number of amides is 1. The summed E-state index contributed by atoms with van der Waals surface area (Å²) >= 11 is -2.41. The van der Waals surface area contributed by atoms with Crippen molar-refractivity contribution in [1.82, 2.24) is 10.4 Å². The Kier molecular flexibility index (Phi) is 7.60. The summed E-state index contributed by atoms with van der Waals surface area (Å²) in [5.41, 5.74) is 0.444. The zero-order chi connectivity index (χ0) is 21.9. The second kappa shape index (κ2) is 9.37. The number of alkyl halides is 3. The topological polar surface area (TPSA) is 93.1 Å². The lowest BCUT2D eigenvalue weighted by Crippen LogP contribution is -2.57. The third-order valence-electron chi connectivity index (χ3n) is 4.93. The van der Waals surface area contributed by atoms with Crippen molar-refractivity contribution in [3.05, 3.63) is 29.6 Å². The fourth-order valence-corrected chi connectivity index (χ4v) is 4.63. The Balaban J connectivity index is 2.16. The Labute approximate surface area is 167 Å². The van der Waals surface area contributed by atoms with Crippen molar-refractivity contribution in [2.24, 2.45) is 11.8 Å². The molecule has 1 heterocycles. The first-order valence-corrected chi connectivity index (χ1v) is 10.0. The van der Waals surface area contributed by atoms with Crippen LogP contribution in [0.4, 0.5) is 23.2 Å². The molecule has 164 valence electrons. The molecule has 1 amide bonds. The van der Waals surface area contributed by atoms with Gasteiger partial charge in [0.05, 0.1) is 17.2 Å². The number of nitrogens with one attached hydrogen (secondary N) is 1. The number of carbonyl (C=O) groups is 1. The Morgan fingerprint density at radius 1 is 1.21 bits per heavy atom. The van der Waals surface area contributed by atoms with Gasteiger partial charge in [-0.1, -0.05) is 13.8 Å². The minimum atomic E-state index is -4.64. The average molecular weight is 441 g/mol. The number of anilines is 1. The SMILES string of the molecule is CC(C)C(C(=O)NO)C(N1CCN(c2ccc(C(F)(F)F)cc2F)CC1)S(=O)O. The van der Waals surface area contributed by atoms with Crippen LogP contribution in [0.1, 0.15) is 19.4 Å². The van der Waals surface area contributed by atoms with Gasteiger partial charge >= 0.3 is 6.18 Å². The van der Waals surface area contributed by atoms with E-state index in [1.807, 2.05) is 0 Å². The first kappa shape index (κ1) is 23.5. The summed E-state index contributed by atoms with van der Waals surface area (Å²) < 4.78 is 74.0. The summed E-state index contributed by atoms with van der Waals surface area (Å²) in [7, 11) is 0. The highest BCUT2D eigenvalue weighted by Crippen LogP contribution is 2.33. The molecule has 1 aromatic rings. The van der Waals surface area contributed by atoms with E-state index in [9.17, 15) is 31.1 Å². The lowest BCUT2D eigenvalue weighted by molar-refractivity contribution is -0.138. The maximum atomic E-state index is 14.2. The number of nitrogens with zero attached hydrogens (tertiary/aromatic N) is 2. The van der Waals surface area contributed by atoms with E-state index in [0.29, 0.717) is 6.07 Å². The van der Waals surface area contributed by atoms with Crippen molar-refractivity contribution in [2.75, 3.05) is 31.1 Å². The van der Waals surface area contributed by atoms with Crippen LogP contribution < -0.4 is 10.4 Å². The molecule has 0 bridgehead atoms. The average Bonchev–Trinajstić information content (AvgIpc) is 2.64. The van der Waals surface area contributed by atoms with Crippen LogP contribution in [0, 0.1) is 17.7 Å². The van der Waals surface area contributed by atoms with Crippen LogP contribution in [0.5, 0.6) is 0 Å². The van der Waals surface area contributed by atoms with Gasteiger partial charge in [-0.05, 0) is 24.1 Å². The van der Waals surface area contributed by atoms with Crippen LogP contribution in [0.25, 0.3) is 0 Å². The molecule has 0 saturated carbocycles. The van der Waals surface area contributed by atoms with Crippen molar-refractivity contribution in [2.45, 2.75) is 25.4 Å². The fraction of sp³-hybridized carbons (Fsp3) is 0.588. The molecule has 12 heteroatoms. The molecule has 29 heavy (non-hydrogen) atoms. The summed E-state index contributed by atoms with van der Waals surface area (Å²) in [5.74, 6) is -3.12. The van der Waals surface area contributed by atoms with Crippen molar-refractivity contribution >= 4 is 22.7 Å². The molecule has 7 nitrogen and oxygen atoms in total. The molecule has 1 aliphatic rings. The smallest absolute Gasteiger partial charge is 0.367 e. The number of piperazine rings is 1. The molecule has 2 rings (SSSR count). The molecule has 1 saturated heterocycles. The van der Waals surface area contributed by atoms with E-state index in [2.05, 4.69) is 0 Å². The lowest BCUT2D eigenvalue weighted by Gasteiger charge is -2.41. The van der Waals surface area contributed by atoms with E-state index in [1.165, 1.54) is 5.48 Å². The van der Waals surface area contributed by atoms with Crippen molar-refractivity contribution < 1.29 is 36.3 Å². The highest BCUT2D eigenvalue weighted by molar-refractivity contribution is 7.79. The normalized spacial score (nSPS) is 19.1. The summed E-state index contributed by atoms with van der Waals surface area (Å²) in [5, 5.41) is 7.86. The second-order valence-corrected chi connectivity index (χ2v) is 8.13. The van der Waals surface area contributed by atoms with Gasteiger partial charge < -0.3 is 9.45 Å². The maximum absolute atomic E-state index is 14.2. The third-order valence-corrected chi connectivity index (χ3v) is 5.94. The molecule has 0 aliphatic carbocycles. The maximum Gasteiger partial charge on any atom is 0.416 e. The Hall–Kier alpha value is -1.76. The van der Waals surface area contributed by atoms with Crippen LogP contribution in [-0.4, -0.2) is 56.3 Å². The minimum Gasteiger partial charge on any atom is -0.367 e. The largest absolute Gasteiger partial charge is 0.416 e. The molecule has 3 unspecified atom stereocenters. The van der Waals surface area contributed by atoms with Gasteiger partial charge in [0.15, 0.2) is 11.1 Å². The molecule has 3 N–H and O–H groups in total. The van der Waals surface area contributed by atoms with Gasteiger partial charge in [-0.25, -0.2) is 14.1 Å². The highest BCUT2D eigenvalue weighted by Gasteiger charge is 2.40. The first-order chi connectivity index (χ1) is 13.5. The molecular formula is C17H23F4N3O4S. The van der Waals surface area contributed by atoms with Gasteiger partial charge in [0.1, 0.15) is 11.2 Å². The van der Waals surface area contributed by atoms with Gasteiger partial charge in [0.2, 0.25) is 5.91 Å². The third kappa shape index (κ3) is 5.44. The van der Waals surface area contributed by atoms with Crippen molar-refractivity contribution in [1.29, 1.82) is 0 Å². The van der Waals surface area contributed by atoms with Gasteiger partial charge in [-0.2, -0.15) is 13.2 Å². The van der Waals surface area contributed by atoms with Crippen LogP contribution in [0.3, 0.4) is 0 Å². The fourth-order valence-electron chi connectivity index (χ4n) is 3.47. The van der Waals surface area contributed by atoms with Crippen LogP contribution >= 0.6 is 0 Å². The molecule has 0 spiro atoms. The van der Waals surface area contributed by atoms with Crippen molar-refractivity contribution in [3.63, 3.8) is 0 Å². The number of hydroxylamine groups is 1. The number of benzene rings is 1. The predicted octanol–water partition coefficient (Wildman–Crippen LogP) is 2.29. The lowest BCUT2D eigenvalue weighted by atomic mass is 9.93. The molecule has 3 atom stereocenters. The standard InChI is InChI=1S/C17H23F4N3O4S/c1-10(2)14(15(25)22-26)16(29(27)28)24-7-5-23(6-8-24)13-4-3-11(9-12(13)18)17(19,20)21/h3-4,9-10,14,16,26H,5-8H2,1-2H3,(H,22,25)(H,27,28). The Morgan fingerprint density at radius 3 is 2.21 bits per heavy atom. The number of hydrogen-bond acceptors (Lipinski definition) is 5. The Bertz CT molecular complexity index is 755. The predicted molar refractivity (Wildman–Crippen MR) is 98.0 cm³/mol. The Morgan fingerprint density at radius 2 is 1.79 bits per heavy atom. The second-order valence-electron chi connectivity index (χ2n) is 7.10. The number of hydrogen-bond donors (Lipinski definition) is 3. The van der Waals surface area contributed by atoms with E-state index in [-0.39, 0.29) is 37.8 Å². The van der Waals surface area contributed by atoms with Crippen LogP contribution in [0.2, 0.25) is 0 Å². The molecule has 1 fully saturated rings. The van der Waals surface area contributed by atoms with E-state index in [4.69, 9.17) is 5.21 Å². The monoisotopic (exact) mass is 441 g/mol. The van der Waals surface area contributed by atoms with E-state index in [1.54, 1.807) is 23.6 Å². The number of halogens is 4.